The van der Waals surface area contributed by atoms with Crippen LogP contribution in [-0.2, 0) is 11.3 Å². The molecule has 0 bridgehead atoms. The first-order valence-electron chi connectivity index (χ1n) is 8.71. The molecule has 0 saturated carbocycles. The molecular weight excluding hydrogens is 421 g/mol. The number of thiophene rings is 1. The Labute approximate surface area is 174 Å². The van der Waals surface area contributed by atoms with Crippen LogP contribution in [0.4, 0.5) is 10.1 Å². The zero-order valence-corrected chi connectivity index (χ0v) is 17.8. The monoisotopic (exact) mass is 439 g/mol. The van der Waals surface area contributed by atoms with Gasteiger partial charge in [0.1, 0.15) is 10.5 Å². The highest BCUT2D eigenvalue weighted by Gasteiger charge is 2.15. The van der Waals surface area contributed by atoms with Gasteiger partial charge in [-0.1, -0.05) is 37.2 Å². The van der Waals surface area contributed by atoms with Crippen molar-refractivity contribution in [3.05, 3.63) is 50.8 Å². The Kier molecular flexibility index (Phi) is 6.74. The number of halogens is 2. The van der Waals surface area contributed by atoms with Gasteiger partial charge in [0, 0.05) is 11.6 Å². The Hall–Kier alpha value is -1.90. The van der Waals surface area contributed by atoms with Gasteiger partial charge in [-0.05, 0) is 42.0 Å². The average molecular weight is 440 g/mol. The average Bonchev–Trinajstić information content (AvgIpc) is 3.10. The number of hydrogen-bond acceptors (Lipinski definition) is 5. The zero-order valence-electron chi connectivity index (χ0n) is 15.4. The molecule has 0 saturated heterocycles. The van der Waals surface area contributed by atoms with Crippen molar-refractivity contribution in [2.75, 3.05) is 11.1 Å². The van der Waals surface area contributed by atoms with E-state index in [1.807, 2.05) is 5.38 Å². The number of rotatable bonds is 7. The molecule has 0 atom stereocenters. The third-order valence-corrected chi connectivity index (χ3v) is 6.10. The van der Waals surface area contributed by atoms with Crippen LogP contribution in [0.15, 0.2) is 39.6 Å². The molecule has 1 N–H and O–H groups in total. The normalized spacial score (nSPS) is 11.3. The minimum atomic E-state index is -0.600. The van der Waals surface area contributed by atoms with Crippen LogP contribution < -0.4 is 10.9 Å². The second kappa shape index (κ2) is 9.07. The lowest BCUT2D eigenvalue weighted by Gasteiger charge is -2.13. The first-order chi connectivity index (χ1) is 13.3. The van der Waals surface area contributed by atoms with Crippen LogP contribution in [0.5, 0.6) is 0 Å². The smallest absolute Gasteiger partial charge is 0.272 e. The summed E-state index contributed by atoms with van der Waals surface area (Å²) in [5, 5.41) is 5.09. The van der Waals surface area contributed by atoms with Crippen molar-refractivity contribution >= 4 is 56.5 Å². The maximum absolute atomic E-state index is 13.8. The first-order valence-corrected chi connectivity index (χ1v) is 10.9. The lowest BCUT2D eigenvalue weighted by Crippen LogP contribution is -2.24. The van der Waals surface area contributed by atoms with E-state index in [1.165, 1.54) is 23.5 Å². The lowest BCUT2D eigenvalue weighted by atomic mass is 10.1. The molecule has 1 aromatic carbocycles. The molecule has 0 unspecified atom stereocenters. The first kappa shape index (κ1) is 20.8. The van der Waals surface area contributed by atoms with E-state index >= 15 is 0 Å². The van der Waals surface area contributed by atoms with Gasteiger partial charge in [-0.3, -0.25) is 14.2 Å². The van der Waals surface area contributed by atoms with E-state index in [1.54, 1.807) is 10.6 Å². The molecule has 0 aliphatic carbocycles. The molecule has 0 aliphatic rings. The number of amides is 1. The van der Waals surface area contributed by atoms with Crippen molar-refractivity contribution in [3.8, 4) is 0 Å². The van der Waals surface area contributed by atoms with Crippen molar-refractivity contribution in [3.63, 3.8) is 0 Å². The molecule has 5 nitrogen and oxygen atoms in total. The van der Waals surface area contributed by atoms with Gasteiger partial charge in [0.2, 0.25) is 5.91 Å². The van der Waals surface area contributed by atoms with Crippen LogP contribution >= 0.6 is 34.7 Å². The van der Waals surface area contributed by atoms with E-state index in [0.717, 1.165) is 24.2 Å². The highest BCUT2D eigenvalue weighted by molar-refractivity contribution is 7.99. The van der Waals surface area contributed by atoms with E-state index in [-0.39, 0.29) is 27.9 Å². The second-order valence-corrected chi connectivity index (χ2v) is 8.92. The summed E-state index contributed by atoms with van der Waals surface area (Å²) in [5.74, 6) is -0.551. The molecule has 2 aromatic heterocycles. The number of nitrogens with zero attached hydrogens (tertiary/aromatic N) is 2. The van der Waals surface area contributed by atoms with Crippen LogP contribution in [0.25, 0.3) is 10.2 Å². The summed E-state index contributed by atoms with van der Waals surface area (Å²) in [4.78, 5) is 29.6. The Balaban J connectivity index is 1.77. The van der Waals surface area contributed by atoms with Crippen molar-refractivity contribution < 1.29 is 9.18 Å². The molecule has 0 fully saturated rings. The van der Waals surface area contributed by atoms with Crippen LogP contribution in [0.3, 0.4) is 0 Å². The molecule has 1 amide bonds. The highest BCUT2D eigenvalue weighted by Crippen LogP contribution is 2.23. The highest BCUT2D eigenvalue weighted by atomic mass is 35.5. The van der Waals surface area contributed by atoms with Gasteiger partial charge in [0.25, 0.3) is 5.56 Å². The summed E-state index contributed by atoms with van der Waals surface area (Å²) in [6, 6.07) is 5.85. The topological polar surface area (TPSA) is 64.0 Å². The Morgan fingerprint density at radius 3 is 2.89 bits per heavy atom. The summed E-state index contributed by atoms with van der Waals surface area (Å²) in [6.45, 7) is 4.71. The number of nitrogens with one attached hydrogen (secondary N) is 1. The molecule has 2 heterocycles. The third kappa shape index (κ3) is 4.92. The van der Waals surface area contributed by atoms with Gasteiger partial charge in [-0.15, -0.1) is 11.3 Å². The van der Waals surface area contributed by atoms with E-state index < -0.39 is 5.82 Å². The third-order valence-electron chi connectivity index (χ3n) is 4.00. The molecule has 0 aliphatic heterocycles. The molecular formula is C19H19ClFN3O2S2. The number of fused-ring (bicyclic) bond motifs is 1. The Morgan fingerprint density at radius 2 is 2.18 bits per heavy atom. The number of anilines is 1. The summed E-state index contributed by atoms with van der Waals surface area (Å²) < 4.78 is 16.1. The number of aromatic nitrogens is 2. The van der Waals surface area contributed by atoms with Crippen LogP contribution in [-0.4, -0.2) is 21.2 Å². The predicted molar refractivity (Wildman–Crippen MR) is 114 cm³/mol. The Bertz CT molecular complexity index is 1070. The molecule has 28 heavy (non-hydrogen) atoms. The minimum absolute atomic E-state index is 0.00578. The Morgan fingerprint density at radius 1 is 1.39 bits per heavy atom. The van der Waals surface area contributed by atoms with E-state index in [0.29, 0.717) is 27.8 Å². The summed E-state index contributed by atoms with van der Waals surface area (Å²) in [6.07, 6.45) is 0.828. The zero-order chi connectivity index (χ0) is 20.3. The summed E-state index contributed by atoms with van der Waals surface area (Å²) >= 11 is 8.25. The standard InChI is InChI=1S/C19H19ClFN3O2S2/c1-11(2)5-7-24-18(26)17-15(6-8-27-17)23-19(24)28-10-16(25)22-14-4-3-12(20)9-13(14)21/h3-4,6,8-9,11H,5,7,10H2,1-2H3,(H,22,25). The largest absolute Gasteiger partial charge is 0.323 e. The lowest BCUT2D eigenvalue weighted by molar-refractivity contribution is -0.113. The number of hydrogen-bond donors (Lipinski definition) is 1. The number of carbonyl (C=O) groups excluding carboxylic acids is 1. The quantitative estimate of drug-likeness (QED) is 0.414. The SMILES string of the molecule is CC(C)CCn1c(SCC(=O)Nc2ccc(Cl)cc2F)nc2ccsc2c1=O. The van der Waals surface area contributed by atoms with Gasteiger partial charge >= 0.3 is 0 Å². The summed E-state index contributed by atoms with van der Waals surface area (Å²) in [7, 11) is 0. The maximum Gasteiger partial charge on any atom is 0.272 e. The van der Waals surface area contributed by atoms with Crippen LogP contribution in [0.1, 0.15) is 20.3 Å². The number of carbonyl (C=O) groups is 1. The minimum Gasteiger partial charge on any atom is -0.323 e. The van der Waals surface area contributed by atoms with Gasteiger partial charge in [-0.2, -0.15) is 0 Å². The van der Waals surface area contributed by atoms with Gasteiger partial charge in [0.05, 0.1) is 17.0 Å². The van der Waals surface area contributed by atoms with Gasteiger partial charge in [0.15, 0.2) is 5.16 Å². The van der Waals surface area contributed by atoms with E-state index in [9.17, 15) is 14.0 Å². The predicted octanol–water partition coefficient (Wildman–Crippen LogP) is 5.03. The molecule has 9 heteroatoms. The summed E-state index contributed by atoms with van der Waals surface area (Å²) in [5.41, 5.74) is 0.600. The van der Waals surface area contributed by atoms with E-state index in [2.05, 4.69) is 24.1 Å². The van der Waals surface area contributed by atoms with Gasteiger partial charge < -0.3 is 5.32 Å². The van der Waals surface area contributed by atoms with Crippen LogP contribution in [0, 0.1) is 11.7 Å². The van der Waals surface area contributed by atoms with E-state index in [4.69, 9.17) is 11.6 Å². The fourth-order valence-corrected chi connectivity index (χ4v) is 4.29. The maximum atomic E-state index is 13.8. The molecule has 0 radical (unpaired) electrons. The molecule has 148 valence electrons. The molecule has 3 rings (SSSR count). The fraction of sp³-hybridized carbons (Fsp3) is 0.316. The van der Waals surface area contributed by atoms with Crippen molar-refractivity contribution in [2.45, 2.75) is 32.0 Å². The van der Waals surface area contributed by atoms with Gasteiger partial charge in [-0.25, -0.2) is 9.37 Å². The van der Waals surface area contributed by atoms with Crippen LogP contribution in [0.2, 0.25) is 5.02 Å². The second-order valence-electron chi connectivity index (χ2n) is 6.63. The van der Waals surface area contributed by atoms with Crippen molar-refractivity contribution in [2.24, 2.45) is 5.92 Å². The van der Waals surface area contributed by atoms with Crippen molar-refractivity contribution in [1.29, 1.82) is 0 Å². The molecule has 3 aromatic rings. The molecule has 0 spiro atoms. The number of benzene rings is 1. The number of thioether (sulfide) groups is 1. The fourth-order valence-electron chi connectivity index (χ4n) is 2.53. The van der Waals surface area contributed by atoms with Crippen molar-refractivity contribution in [1.82, 2.24) is 9.55 Å².